The lowest BCUT2D eigenvalue weighted by molar-refractivity contribution is -0.149. The number of esters is 1. The number of allylic oxidation sites excluding steroid dienone is 3. The third-order valence-corrected chi connectivity index (χ3v) is 11.7. The summed E-state index contributed by atoms with van der Waals surface area (Å²) in [6.07, 6.45) is 11.1. The summed E-state index contributed by atoms with van der Waals surface area (Å²) < 4.78 is 6.09. The predicted molar refractivity (Wildman–Crippen MR) is 156 cm³/mol. The molecule has 0 bridgehead atoms. The van der Waals surface area contributed by atoms with Gasteiger partial charge in [-0.3, -0.25) is 9.59 Å². The van der Waals surface area contributed by atoms with Crippen LogP contribution in [0.15, 0.2) is 53.6 Å². The third kappa shape index (κ3) is 4.59. The number of benzene rings is 1. The van der Waals surface area contributed by atoms with Crippen LogP contribution >= 0.6 is 0 Å². The molecule has 0 aromatic heterocycles. The lowest BCUT2D eigenvalue weighted by atomic mass is 9.51. The fraction of sp³-hybridized carbons (Fsp3) is 0.647. The lowest BCUT2D eigenvalue weighted by Gasteiger charge is -2.53. The van der Waals surface area contributed by atoms with Crippen LogP contribution in [-0.2, 0) is 9.53 Å². The molecule has 1 amide bonds. The van der Waals surface area contributed by atoms with Gasteiger partial charge in [-0.25, -0.2) is 0 Å². The molecule has 0 spiro atoms. The maximum atomic E-state index is 13.2. The fourth-order valence-corrected chi connectivity index (χ4v) is 9.49. The first kappa shape index (κ1) is 28.1. The molecular formula is C34H48N2O3. The summed E-state index contributed by atoms with van der Waals surface area (Å²) in [5.74, 6) is 0.761. The van der Waals surface area contributed by atoms with Crippen LogP contribution < -0.4 is 10.6 Å². The van der Waals surface area contributed by atoms with Gasteiger partial charge in [0.15, 0.2) is 0 Å². The van der Waals surface area contributed by atoms with Crippen LogP contribution in [0.25, 0.3) is 0 Å². The summed E-state index contributed by atoms with van der Waals surface area (Å²) in [7, 11) is 2.10. The molecule has 5 rings (SSSR count). The molecule has 4 aliphatic rings. The van der Waals surface area contributed by atoms with E-state index in [0.717, 1.165) is 32.1 Å². The van der Waals surface area contributed by atoms with Crippen LogP contribution in [0.4, 0.5) is 0 Å². The molecule has 5 heteroatoms. The molecule has 0 radical (unpaired) electrons. The summed E-state index contributed by atoms with van der Waals surface area (Å²) in [5.41, 5.74) is 3.97. The van der Waals surface area contributed by atoms with Gasteiger partial charge < -0.3 is 15.4 Å². The van der Waals surface area contributed by atoms with Crippen molar-refractivity contribution in [2.45, 2.75) is 98.3 Å². The van der Waals surface area contributed by atoms with Crippen molar-refractivity contribution in [3.63, 3.8) is 0 Å². The van der Waals surface area contributed by atoms with Gasteiger partial charge in [-0.05, 0) is 92.7 Å². The molecule has 2 fully saturated rings. The zero-order chi connectivity index (χ0) is 28.2. The highest BCUT2D eigenvalue weighted by molar-refractivity contribution is 5.94. The number of hydrogen-bond donors (Lipinski definition) is 2. The number of fused-ring (bicyclic) bond motifs is 4. The Morgan fingerprint density at radius 3 is 2.31 bits per heavy atom. The van der Waals surface area contributed by atoms with Gasteiger partial charge >= 0.3 is 5.97 Å². The SMILES string of the molecule is CN[C@H]1CC=C2CC3=CC[C@]4(C)[C@@H](C(C)NC(=O)c5ccccc5)[C@H](OC(C)=O)C[C@@]4(C)[C@@H]3CC[C@H]2C1(C)C. The quantitative estimate of drug-likeness (QED) is 0.337. The number of hydrogen-bond acceptors (Lipinski definition) is 4. The smallest absolute Gasteiger partial charge is 0.302 e. The average Bonchev–Trinajstić information content (AvgIpc) is 2.99. The highest BCUT2D eigenvalue weighted by Gasteiger charge is 2.65. The van der Waals surface area contributed by atoms with E-state index in [9.17, 15) is 9.59 Å². The molecule has 0 aliphatic heterocycles. The standard InChI is InChI=1S/C34H48N2O3/c1-21(36-31(38)23-11-9-8-10-12-23)30-28(39-22(2)37)20-34(6)27-15-14-26-24(13-16-29(35-7)32(26,3)4)19-25(27)17-18-33(30,34)5/h8-13,17,21,26-30,35H,14-16,18-20H2,1-7H3,(H,36,38)/t21?,26-,27-,28-,29+,30+,33-,34+/m1/s1. The number of amides is 1. The highest BCUT2D eigenvalue weighted by Crippen LogP contribution is 2.68. The van der Waals surface area contributed by atoms with Crippen LogP contribution in [0.3, 0.4) is 0 Å². The van der Waals surface area contributed by atoms with Crippen molar-refractivity contribution >= 4 is 11.9 Å². The molecule has 1 unspecified atom stereocenters. The summed E-state index contributed by atoms with van der Waals surface area (Å²) in [4.78, 5) is 25.5. The number of rotatable bonds is 5. The molecule has 8 atom stereocenters. The van der Waals surface area contributed by atoms with Gasteiger partial charge in [0.05, 0.1) is 0 Å². The van der Waals surface area contributed by atoms with Crippen molar-refractivity contribution in [1.82, 2.24) is 10.6 Å². The van der Waals surface area contributed by atoms with Crippen LogP contribution in [-0.4, -0.2) is 37.1 Å². The maximum absolute atomic E-state index is 13.2. The molecule has 0 saturated heterocycles. The summed E-state index contributed by atoms with van der Waals surface area (Å²) >= 11 is 0. The minimum Gasteiger partial charge on any atom is -0.462 e. The van der Waals surface area contributed by atoms with Crippen LogP contribution in [0.5, 0.6) is 0 Å². The first-order valence-corrected chi connectivity index (χ1v) is 15.0. The zero-order valence-electron chi connectivity index (χ0n) is 25.0. The van der Waals surface area contributed by atoms with Gasteiger partial charge in [-0.1, -0.05) is 69.2 Å². The average molecular weight is 533 g/mol. The Hall–Kier alpha value is -2.40. The van der Waals surface area contributed by atoms with Crippen molar-refractivity contribution in [3.8, 4) is 0 Å². The summed E-state index contributed by atoms with van der Waals surface area (Å²) in [6, 6.07) is 9.77. The van der Waals surface area contributed by atoms with E-state index in [0.29, 0.717) is 23.4 Å². The third-order valence-electron chi connectivity index (χ3n) is 11.7. The molecule has 4 aliphatic carbocycles. The molecule has 0 heterocycles. The summed E-state index contributed by atoms with van der Waals surface area (Å²) in [6.45, 7) is 13.4. The highest BCUT2D eigenvalue weighted by atomic mass is 16.5. The molecule has 5 nitrogen and oxygen atoms in total. The van der Waals surface area contributed by atoms with Crippen molar-refractivity contribution in [2.75, 3.05) is 7.05 Å². The van der Waals surface area contributed by atoms with E-state index in [4.69, 9.17) is 4.74 Å². The van der Waals surface area contributed by atoms with Crippen molar-refractivity contribution in [1.29, 1.82) is 0 Å². The van der Waals surface area contributed by atoms with Crippen molar-refractivity contribution in [3.05, 3.63) is 59.2 Å². The number of ether oxygens (including phenoxy) is 1. The van der Waals surface area contributed by atoms with Crippen molar-refractivity contribution < 1.29 is 14.3 Å². The van der Waals surface area contributed by atoms with Crippen LogP contribution in [0.2, 0.25) is 0 Å². The molecule has 1 aromatic carbocycles. The van der Waals surface area contributed by atoms with Gasteiger partial charge in [-0.15, -0.1) is 0 Å². The molecule has 1 aromatic rings. The van der Waals surface area contributed by atoms with E-state index in [1.165, 1.54) is 13.3 Å². The first-order valence-electron chi connectivity index (χ1n) is 15.0. The van der Waals surface area contributed by atoms with Crippen LogP contribution in [0.1, 0.15) is 90.4 Å². The van der Waals surface area contributed by atoms with Crippen LogP contribution in [0, 0.1) is 34.0 Å². The normalized spacial score (nSPS) is 37.7. The molecule has 39 heavy (non-hydrogen) atoms. The molecule has 212 valence electrons. The first-order chi connectivity index (χ1) is 18.4. The second-order valence-corrected chi connectivity index (χ2v) is 13.9. The van der Waals surface area contributed by atoms with Gasteiger partial charge in [0.2, 0.25) is 0 Å². The van der Waals surface area contributed by atoms with Gasteiger partial charge in [0, 0.05) is 30.5 Å². The second-order valence-electron chi connectivity index (χ2n) is 13.9. The topological polar surface area (TPSA) is 67.4 Å². The van der Waals surface area contributed by atoms with Gasteiger partial charge in [-0.2, -0.15) is 0 Å². The maximum Gasteiger partial charge on any atom is 0.302 e. The molecule has 2 N–H and O–H groups in total. The Morgan fingerprint density at radius 1 is 0.974 bits per heavy atom. The lowest BCUT2D eigenvalue weighted by Crippen LogP contribution is -2.52. The van der Waals surface area contributed by atoms with E-state index in [-0.39, 0.29) is 46.2 Å². The molecular weight excluding hydrogens is 484 g/mol. The fourth-order valence-electron chi connectivity index (χ4n) is 9.49. The Labute approximate surface area is 235 Å². The Balaban J connectivity index is 1.47. The van der Waals surface area contributed by atoms with E-state index in [1.54, 1.807) is 11.1 Å². The number of nitrogens with one attached hydrogen (secondary N) is 2. The second kappa shape index (κ2) is 10.2. The van der Waals surface area contributed by atoms with Crippen molar-refractivity contribution in [2.24, 2.45) is 34.0 Å². The zero-order valence-corrected chi connectivity index (χ0v) is 25.0. The minimum absolute atomic E-state index is 0.0196. The minimum atomic E-state index is -0.234. The van der Waals surface area contributed by atoms with Gasteiger partial charge in [0.25, 0.3) is 5.91 Å². The Morgan fingerprint density at radius 2 is 1.64 bits per heavy atom. The van der Waals surface area contributed by atoms with Gasteiger partial charge in [0.1, 0.15) is 6.10 Å². The predicted octanol–water partition coefficient (Wildman–Crippen LogP) is 6.46. The Bertz CT molecular complexity index is 1170. The summed E-state index contributed by atoms with van der Waals surface area (Å²) in [5, 5.41) is 6.89. The van der Waals surface area contributed by atoms with E-state index >= 15 is 0 Å². The largest absolute Gasteiger partial charge is 0.462 e. The Kier molecular flexibility index (Phi) is 7.37. The van der Waals surface area contributed by atoms with E-state index in [1.807, 2.05) is 30.3 Å². The number of carbonyl (C=O) groups is 2. The number of carbonyl (C=O) groups excluding carboxylic acids is 2. The van der Waals surface area contributed by atoms with E-state index in [2.05, 4.69) is 64.5 Å². The van der Waals surface area contributed by atoms with E-state index < -0.39 is 0 Å². The molecule has 2 saturated carbocycles. The monoisotopic (exact) mass is 532 g/mol.